The van der Waals surface area contributed by atoms with Gasteiger partial charge in [-0.3, -0.25) is 20.2 Å². The van der Waals surface area contributed by atoms with Crippen LogP contribution in [0.2, 0.25) is 0 Å². The van der Waals surface area contributed by atoms with E-state index < -0.39 is 20.9 Å². The van der Waals surface area contributed by atoms with Gasteiger partial charge in [0.15, 0.2) is 0 Å². The average Bonchev–Trinajstić information content (AvgIpc) is 2.45. The van der Waals surface area contributed by atoms with E-state index in [0.717, 1.165) is 0 Å². The number of aromatic hydroxyl groups is 1. The van der Waals surface area contributed by atoms with Crippen LogP contribution in [-0.2, 0) is 11.1 Å². The number of hydrogen-bond acceptors (Lipinski definition) is 5. The highest BCUT2D eigenvalue weighted by atomic mass is 16.6. The fourth-order valence-electron chi connectivity index (χ4n) is 2.16. The van der Waals surface area contributed by atoms with Crippen molar-refractivity contribution in [3.8, 4) is 5.75 Å². The smallest absolute Gasteiger partial charge is 0.247 e. The molecule has 0 saturated heterocycles. The van der Waals surface area contributed by atoms with Crippen LogP contribution < -0.4 is 0 Å². The number of nitro groups is 2. The lowest BCUT2D eigenvalue weighted by Crippen LogP contribution is -2.34. The Labute approximate surface area is 122 Å². The maximum atomic E-state index is 11.3. The summed E-state index contributed by atoms with van der Waals surface area (Å²) in [4.78, 5) is 21.8. The number of phenolic OH excluding ortho intramolecular Hbond substituents is 1. The van der Waals surface area contributed by atoms with Crippen molar-refractivity contribution in [1.29, 1.82) is 0 Å². The minimum atomic E-state index is -1.48. The quantitative estimate of drug-likeness (QED) is 0.640. The molecule has 0 aliphatic heterocycles. The van der Waals surface area contributed by atoms with E-state index in [2.05, 4.69) is 0 Å². The van der Waals surface area contributed by atoms with Crippen LogP contribution in [0, 0.1) is 20.2 Å². The second-order valence-electron chi connectivity index (χ2n) is 5.50. The van der Waals surface area contributed by atoms with E-state index in [9.17, 15) is 25.3 Å². The molecule has 21 heavy (non-hydrogen) atoms. The van der Waals surface area contributed by atoms with Crippen LogP contribution in [0.5, 0.6) is 5.75 Å². The van der Waals surface area contributed by atoms with E-state index in [1.54, 1.807) is 13.8 Å². The molecule has 0 fully saturated rings. The predicted molar refractivity (Wildman–Crippen MR) is 77.4 cm³/mol. The van der Waals surface area contributed by atoms with Crippen LogP contribution in [0.25, 0.3) is 0 Å². The summed E-state index contributed by atoms with van der Waals surface area (Å²) < 4.78 is 0. The van der Waals surface area contributed by atoms with Gasteiger partial charge in [-0.25, -0.2) is 0 Å². The normalized spacial score (nSPS) is 16.8. The highest BCUT2D eigenvalue weighted by molar-refractivity contribution is 5.41. The summed E-state index contributed by atoms with van der Waals surface area (Å²) in [6.45, 7) is 6.20. The van der Waals surface area contributed by atoms with Crippen molar-refractivity contribution in [2.45, 2.75) is 51.6 Å². The second kappa shape index (κ2) is 5.67. The molecule has 1 aromatic rings. The van der Waals surface area contributed by atoms with Crippen molar-refractivity contribution in [2.24, 2.45) is 0 Å². The first-order chi connectivity index (χ1) is 9.63. The summed E-state index contributed by atoms with van der Waals surface area (Å²) in [5.41, 5.74) is -2.36. The standard InChI is InChI=1S/C14H20N2O5/c1-5-13(3,15(18)19)10-7-8-12(17)11(9-10)14(4,6-2)16(20)21/h7-9,17H,5-6H2,1-4H3. The highest BCUT2D eigenvalue weighted by Crippen LogP contribution is 2.38. The Hall–Kier alpha value is -2.18. The van der Waals surface area contributed by atoms with Crippen molar-refractivity contribution >= 4 is 0 Å². The predicted octanol–water partition coefficient (Wildman–Crippen LogP) is 3.20. The molecule has 2 atom stereocenters. The van der Waals surface area contributed by atoms with Crippen LogP contribution in [0.4, 0.5) is 0 Å². The molecule has 1 rings (SSSR count). The molecule has 0 spiro atoms. The van der Waals surface area contributed by atoms with Crippen molar-refractivity contribution in [3.05, 3.63) is 49.6 Å². The average molecular weight is 296 g/mol. The topological polar surface area (TPSA) is 107 Å². The highest BCUT2D eigenvalue weighted by Gasteiger charge is 2.43. The first kappa shape index (κ1) is 16.9. The van der Waals surface area contributed by atoms with Gasteiger partial charge in [0.1, 0.15) is 5.75 Å². The monoisotopic (exact) mass is 296 g/mol. The number of rotatable bonds is 6. The molecule has 0 radical (unpaired) electrons. The third-order valence-electron chi connectivity index (χ3n) is 4.38. The molecule has 0 saturated carbocycles. The Morgan fingerprint density at radius 2 is 1.52 bits per heavy atom. The molecule has 7 heteroatoms. The third-order valence-corrected chi connectivity index (χ3v) is 4.38. The third kappa shape index (κ3) is 2.68. The van der Waals surface area contributed by atoms with Gasteiger partial charge in [0.2, 0.25) is 11.1 Å². The lowest BCUT2D eigenvalue weighted by atomic mass is 9.83. The lowest BCUT2D eigenvalue weighted by molar-refractivity contribution is -0.577. The molecular weight excluding hydrogens is 276 g/mol. The van der Waals surface area contributed by atoms with E-state index in [1.807, 2.05) is 0 Å². The van der Waals surface area contributed by atoms with E-state index in [-0.39, 0.29) is 24.2 Å². The van der Waals surface area contributed by atoms with Crippen molar-refractivity contribution in [1.82, 2.24) is 0 Å². The minimum Gasteiger partial charge on any atom is -0.507 e. The fourth-order valence-corrected chi connectivity index (χ4v) is 2.16. The SMILES string of the molecule is CCC(C)(c1ccc(O)c(C(C)(CC)[N+](=O)[O-])c1)[N+](=O)[O-]. The van der Waals surface area contributed by atoms with Gasteiger partial charge >= 0.3 is 0 Å². The van der Waals surface area contributed by atoms with Gasteiger partial charge in [0, 0.05) is 42.1 Å². The summed E-state index contributed by atoms with van der Waals surface area (Å²) in [6.07, 6.45) is 0.407. The number of phenols is 1. The molecular formula is C14H20N2O5. The van der Waals surface area contributed by atoms with Crippen LogP contribution in [0.3, 0.4) is 0 Å². The molecule has 0 heterocycles. The Balaban J connectivity index is 3.55. The molecule has 0 aromatic heterocycles. The maximum Gasteiger partial charge on any atom is 0.247 e. The minimum absolute atomic E-state index is 0.106. The Kier molecular flexibility index (Phi) is 4.56. The molecule has 2 unspecified atom stereocenters. The van der Waals surface area contributed by atoms with Crippen LogP contribution in [0.15, 0.2) is 18.2 Å². The number of benzene rings is 1. The molecule has 0 amide bonds. The van der Waals surface area contributed by atoms with E-state index in [1.165, 1.54) is 32.0 Å². The zero-order valence-corrected chi connectivity index (χ0v) is 12.6. The number of hydrogen-bond donors (Lipinski definition) is 1. The summed E-state index contributed by atoms with van der Waals surface area (Å²) in [7, 11) is 0. The molecule has 7 nitrogen and oxygen atoms in total. The van der Waals surface area contributed by atoms with Gasteiger partial charge in [-0.05, 0) is 18.2 Å². The van der Waals surface area contributed by atoms with Crippen LogP contribution in [0.1, 0.15) is 51.7 Å². The molecule has 116 valence electrons. The Morgan fingerprint density at radius 1 is 1.05 bits per heavy atom. The summed E-state index contributed by atoms with van der Waals surface area (Å²) >= 11 is 0. The Bertz CT molecular complexity index is 574. The van der Waals surface area contributed by atoms with Crippen LogP contribution >= 0.6 is 0 Å². The first-order valence-electron chi connectivity index (χ1n) is 6.76. The van der Waals surface area contributed by atoms with Crippen molar-refractivity contribution in [3.63, 3.8) is 0 Å². The van der Waals surface area contributed by atoms with Crippen molar-refractivity contribution in [2.75, 3.05) is 0 Å². The Morgan fingerprint density at radius 3 is 1.90 bits per heavy atom. The summed E-state index contributed by atoms with van der Waals surface area (Å²) in [6, 6.07) is 4.12. The molecule has 0 aliphatic rings. The van der Waals surface area contributed by atoms with E-state index >= 15 is 0 Å². The lowest BCUT2D eigenvalue weighted by Gasteiger charge is -2.24. The van der Waals surface area contributed by atoms with E-state index in [4.69, 9.17) is 0 Å². The largest absolute Gasteiger partial charge is 0.507 e. The fraction of sp³-hybridized carbons (Fsp3) is 0.571. The molecule has 0 bridgehead atoms. The zero-order valence-electron chi connectivity index (χ0n) is 12.6. The first-order valence-corrected chi connectivity index (χ1v) is 6.76. The van der Waals surface area contributed by atoms with E-state index in [0.29, 0.717) is 5.56 Å². The van der Waals surface area contributed by atoms with Crippen molar-refractivity contribution < 1.29 is 15.0 Å². The molecule has 1 N–H and O–H groups in total. The zero-order chi connectivity index (χ0) is 16.4. The second-order valence-corrected chi connectivity index (χ2v) is 5.50. The van der Waals surface area contributed by atoms with Gasteiger partial charge in [0.05, 0.1) is 5.56 Å². The van der Waals surface area contributed by atoms with Gasteiger partial charge < -0.3 is 5.11 Å². The summed E-state index contributed by atoms with van der Waals surface area (Å²) in [5, 5.41) is 32.6. The van der Waals surface area contributed by atoms with Gasteiger partial charge in [-0.15, -0.1) is 0 Å². The summed E-state index contributed by atoms with van der Waals surface area (Å²) in [5.74, 6) is -0.221. The van der Waals surface area contributed by atoms with Gasteiger partial charge in [-0.1, -0.05) is 13.8 Å². The maximum absolute atomic E-state index is 11.3. The number of nitrogens with zero attached hydrogens (tertiary/aromatic N) is 2. The molecule has 0 aliphatic carbocycles. The molecule has 1 aromatic carbocycles. The van der Waals surface area contributed by atoms with Gasteiger partial charge in [-0.2, -0.15) is 0 Å². The van der Waals surface area contributed by atoms with Gasteiger partial charge in [0.25, 0.3) is 0 Å². The van der Waals surface area contributed by atoms with Crippen LogP contribution in [-0.4, -0.2) is 15.0 Å².